The predicted octanol–water partition coefficient (Wildman–Crippen LogP) is 4.43. The van der Waals surface area contributed by atoms with Gasteiger partial charge in [-0.15, -0.1) is 11.3 Å². The molecule has 0 N–H and O–H groups in total. The van der Waals surface area contributed by atoms with E-state index in [-0.39, 0.29) is 0 Å². The van der Waals surface area contributed by atoms with Crippen LogP contribution in [0.5, 0.6) is 0 Å². The molecule has 0 amide bonds. The van der Waals surface area contributed by atoms with Crippen molar-refractivity contribution in [3.8, 4) is 22.2 Å². The molecule has 0 saturated carbocycles. The second-order valence-corrected chi connectivity index (χ2v) is 6.92. The van der Waals surface area contributed by atoms with Gasteiger partial charge in [-0.2, -0.15) is 16.3 Å². The van der Waals surface area contributed by atoms with Crippen molar-refractivity contribution in [3.05, 3.63) is 27.5 Å². The Hall–Kier alpha value is -1.53. The number of hydrogen-bond acceptors (Lipinski definition) is 6. The van der Waals surface area contributed by atoms with Crippen molar-refractivity contribution in [2.75, 3.05) is 0 Å². The fraction of sp³-hybridized carbons (Fsp3) is 0.357. The van der Waals surface area contributed by atoms with Gasteiger partial charge in [-0.3, -0.25) is 0 Å². The Kier molecular flexibility index (Phi) is 3.67. The van der Waals surface area contributed by atoms with Crippen LogP contribution in [0.2, 0.25) is 0 Å². The zero-order valence-corrected chi connectivity index (χ0v) is 13.2. The molecule has 0 radical (unpaired) electrons. The van der Waals surface area contributed by atoms with E-state index in [1.807, 2.05) is 23.8 Å². The Morgan fingerprint density at radius 1 is 1.30 bits per heavy atom. The number of nitrogens with zero attached hydrogens (tertiary/aromatic N) is 3. The van der Waals surface area contributed by atoms with E-state index >= 15 is 0 Å². The van der Waals surface area contributed by atoms with Gasteiger partial charge in [0.05, 0.1) is 10.7 Å². The fourth-order valence-electron chi connectivity index (χ4n) is 1.91. The van der Waals surface area contributed by atoms with Crippen LogP contribution in [0, 0.1) is 12.8 Å². The highest BCUT2D eigenvalue weighted by Crippen LogP contribution is 2.31. The summed E-state index contributed by atoms with van der Waals surface area (Å²) in [5, 5.41) is 9.19. The highest BCUT2D eigenvalue weighted by molar-refractivity contribution is 7.15. The molecule has 0 fully saturated rings. The maximum absolute atomic E-state index is 5.39. The first kappa shape index (κ1) is 13.5. The van der Waals surface area contributed by atoms with Crippen molar-refractivity contribution in [1.82, 2.24) is 15.1 Å². The van der Waals surface area contributed by atoms with Crippen LogP contribution in [-0.4, -0.2) is 15.1 Å². The molecule has 0 bridgehead atoms. The van der Waals surface area contributed by atoms with E-state index < -0.39 is 0 Å². The number of thiophene rings is 1. The predicted molar refractivity (Wildman–Crippen MR) is 82.0 cm³/mol. The Bertz CT molecular complexity index is 698. The molecule has 0 aromatic carbocycles. The highest BCUT2D eigenvalue weighted by Gasteiger charge is 2.17. The molecule has 0 saturated heterocycles. The van der Waals surface area contributed by atoms with Gasteiger partial charge in [-0.25, -0.2) is 4.98 Å². The summed E-state index contributed by atoms with van der Waals surface area (Å²) in [5.74, 6) is 1.80. The van der Waals surface area contributed by atoms with Gasteiger partial charge in [0.2, 0.25) is 5.82 Å². The highest BCUT2D eigenvalue weighted by atomic mass is 32.1. The van der Waals surface area contributed by atoms with Gasteiger partial charge < -0.3 is 4.52 Å². The zero-order chi connectivity index (χ0) is 14.1. The molecule has 3 heterocycles. The first-order valence-corrected chi connectivity index (χ1v) is 8.22. The lowest BCUT2D eigenvalue weighted by Crippen LogP contribution is -1.92. The normalized spacial score (nSPS) is 11.4. The molecule has 20 heavy (non-hydrogen) atoms. The van der Waals surface area contributed by atoms with E-state index in [9.17, 15) is 0 Å². The summed E-state index contributed by atoms with van der Waals surface area (Å²) in [7, 11) is 0. The zero-order valence-electron chi connectivity index (χ0n) is 11.6. The fourth-order valence-corrected chi connectivity index (χ4v) is 3.74. The summed E-state index contributed by atoms with van der Waals surface area (Å²) in [5.41, 5.74) is 1.96. The Morgan fingerprint density at radius 2 is 2.15 bits per heavy atom. The molecule has 6 heteroatoms. The van der Waals surface area contributed by atoms with Gasteiger partial charge in [0, 0.05) is 17.4 Å². The van der Waals surface area contributed by atoms with Crippen molar-refractivity contribution in [2.24, 2.45) is 5.92 Å². The van der Waals surface area contributed by atoms with Gasteiger partial charge in [0.1, 0.15) is 4.88 Å². The molecule has 0 spiro atoms. The largest absolute Gasteiger partial charge is 0.333 e. The molecule has 0 atom stereocenters. The van der Waals surface area contributed by atoms with E-state index in [2.05, 4.69) is 29.0 Å². The summed E-state index contributed by atoms with van der Waals surface area (Å²) in [6.45, 7) is 6.37. The summed E-state index contributed by atoms with van der Waals surface area (Å²) in [4.78, 5) is 10.0. The molecular formula is C14H15N3OS2. The van der Waals surface area contributed by atoms with E-state index in [0.717, 1.165) is 27.6 Å². The maximum atomic E-state index is 5.39. The van der Waals surface area contributed by atoms with Crippen LogP contribution in [0.3, 0.4) is 0 Å². The standard InChI is InChI=1S/C14H15N3OS2/c1-8(2)6-11-15-9(3)12(20-11)14-16-13(17-18-14)10-4-5-19-7-10/h4-5,7-8H,6H2,1-3H3. The average Bonchev–Trinajstić information content (AvgIpc) is 3.07. The van der Waals surface area contributed by atoms with E-state index in [1.165, 1.54) is 0 Å². The SMILES string of the molecule is Cc1nc(CC(C)C)sc1-c1nc(-c2ccsc2)no1. The minimum absolute atomic E-state index is 0.566. The molecule has 0 unspecified atom stereocenters. The van der Waals surface area contributed by atoms with E-state index in [0.29, 0.717) is 17.6 Å². The van der Waals surface area contributed by atoms with Gasteiger partial charge >= 0.3 is 0 Å². The van der Waals surface area contributed by atoms with Crippen LogP contribution < -0.4 is 0 Å². The second-order valence-electron chi connectivity index (χ2n) is 5.06. The van der Waals surface area contributed by atoms with Crippen LogP contribution in [-0.2, 0) is 6.42 Å². The molecule has 4 nitrogen and oxygen atoms in total. The first-order valence-electron chi connectivity index (χ1n) is 6.46. The van der Waals surface area contributed by atoms with Gasteiger partial charge in [-0.1, -0.05) is 19.0 Å². The monoisotopic (exact) mass is 305 g/mol. The second kappa shape index (κ2) is 5.46. The summed E-state index contributed by atoms with van der Waals surface area (Å²) >= 11 is 3.27. The van der Waals surface area contributed by atoms with Crippen LogP contribution in [0.1, 0.15) is 24.5 Å². The summed E-state index contributed by atoms with van der Waals surface area (Å²) in [6.07, 6.45) is 0.983. The van der Waals surface area contributed by atoms with Crippen LogP contribution in [0.4, 0.5) is 0 Å². The third-order valence-electron chi connectivity index (χ3n) is 2.82. The molecular weight excluding hydrogens is 290 g/mol. The van der Waals surface area contributed by atoms with Crippen LogP contribution >= 0.6 is 22.7 Å². The van der Waals surface area contributed by atoms with Crippen LogP contribution in [0.15, 0.2) is 21.3 Å². The Balaban J connectivity index is 1.91. The Morgan fingerprint density at radius 3 is 2.85 bits per heavy atom. The number of thiazole rings is 1. The third kappa shape index (κ3) is 2.66. The first-order chi connectivity index (χ1) is 9.63. The minimum Gasteiger partial charge on any atom is -0.333 e. The van der Waals surface area contributed by atoms with E-state index in [1.54, 1.807) is 22.7 Å². The van der Waals surface area contributed by atoms with Crippen molar-refractivity contribution in [1.29, 1.82) is 0 Å². The lowest BCUT2D eigenvalue weighted by atomic mass is 10.1. The molecule has 3 aromatic rings. The maximum Gasteiger partial charge on any atom is 0.270 e. The van der Waals surface area contributed by atoms with Crippen LogP contribution in [0.25, 0.3) is 22.2 Å². The Labute approximate surface area is 125 Å². The number of aryl methyl sites for hydroxylation is 1. The number of hydrogen-bond donors (Lipinski definition) is 0. The van der Waals surface area contributed by atoms with Crippen molar-refractivity contribution in [3.63, 3.8) is 0 Å². The molecule has 104 valence electrons. The summed E-state index contributed by atoms with van der Waals surface area (Å²) in [6, 6.07) is 1.99. The molecule has 3 aromatic heterocycles. The van der Waals surface area contributed by atoms with E-state index in [4.69, 9.17) is 4.52 Å². The summed E-state index contributed by atoms with van der Waals surface area (Å²) < 4.78 is 5.39. The molecule has 0 aliphatic rings. The van der Waals surface area contributed by atoms with Gasteiger partial charge in [0.15, 0.2) is 0 Å². The average molecular weight is 305 g/mol. The smallest absolute Gasteiger partial charge is 0.270 e. The molecule has 3 rings (SSSR count). The minimum atomic E-state index is 0.566. The number of rotatable bonds is 4. The quantitative estimate of drug-likeness (QED) is 0.715. The van der Waals surface area contributed by atoms with Crippen molar-refractivity contribution in [2.45, 2.75) is 27.2 Å². The third-order valence-corrected chi connectivity index (χ3v) is 4.67. The topological polar surface area (TPSA) is 51.8 Å². The lowest BCUT2D eigenvalue weighted by Gasteiger charge is -1.97. The number of aromatic nitrogens is 3. The van der Waals surface area contributed by atoms with Gasteiger partial charge in [0.25, 0.3) is 5.89 Å². The lowest BCUT2D eigenvalue weighted by molar-refractivity contribution is 0.433. The molecule has 0 aliphatic heterocycles. The molecule has 0 aliphatic carbocycles. The van der Waals surface area contributed by atoms with Crippen molar-refractivity contribution < 1.29 is 4.52 Å². The van der Waals surface area contributed by atoms with Gasteiger partial charge in [-0.05, 0) is 24.3 Å². The van der Waals surface area contributed by atoms with Crippen molar-refractivity contribution >= 4 is 22.7 Å².